The second kappa shape index (κ2) is 5.02. The van der Waals surface area contributed by atoms with Crippen molar-refractivity contribution in [3.05, 3.63) is 48.0 Å². The highest BCUT2D eigenvalue weighted by molar-refractivity contribution is 5.86. The van der Waals surface area contributed by atoms with E-state index < -0.39 is 5.97 Å². The molecule has 0 radical (unpaired) electrons. The first-order chi connectivity index (χ1) is 8.25. The molecular formula is C11H10N4O2. The summed E-state index contributed by atoms with van der Waals surface area (Å²) in [4.78, 5) is 22.3. The van der Waals surface area contributed by atoms with E-state index in [4.69, 9.17) is 5.11 Å². The van der Waals surface area contributed by atoms with E-state index in [1.807, 2.05) is 12.1 Å². The van der Waals surface area contributed by atoms with Gasteiger partial charge in [-0.05, 0) is 17.7 Å². The summed E-state index contributed by atoms with van der Waals surface area (Å²) in [5.74, 6) is -0.641. The Kier molecular flexibility index (Phi) is 3.25. The first kappa shape index (κ1) is 11.0. The van der Waals surface area contributed by atoms with Crippen LogP contribution in [-0.2, 0) is 6.54 Å². The van der Waals surface area contributed by atoms with Crippen molar-refractivity contribution >= 4 is 11.9 Å². The Labute approximate surface area is 97.4 Å². The molecule has 0 unspecified atom stereocenters. The van der Waals surface area contributed by atoms with Gasteiger partial charge in [-0.3, -0.25) is 4.98 Å². The minimum absolute atomic E-state index is 0.0689. The van der Waals surface area contributed by atoms with E-state index in [-0.39, 0.29) is 5.56 Å². The van der Waals surface area contributed by atoms with Crippen LogP contribution in [0.25, 0.3) is 0 Å². The summed E-state index contributed by atoms with van der Waals surface area (Å²) in [5.41, 5.74) is 1.12. The molecule has 6 nitrogen and oxygen atoms in total. The topological polar surface area (TPSA) is 88.0 Å². The number of carboxylic acids is 1. The predicted molar refractivity (Wildman–Crippen MR) is 60.6 cm³/mol. The van der Waals surface area contributed by atoms with E-state index in [9.17, 15) is 4.79 Å². The van der Waals surface area contributed by atoms with Gasteiger partial charge in [0.2, 0.25) is 5.95 Å². The Balaban J connectivity index is 1.98. The first-order valence-electron chi connectivity index (χ1n) is 4.94. The summed E-state index contributed by atoms with van der Waals surface area (Å²) in [7, 11) is 0. The van der Waals surface area contributed by atoms with Gasteiger partial charge in [-0.1, -0.05) is 0 Å². The van der Waals surface area contributed by atoms with Crippen LogP contribution in [-0.4, -0.2) is 26.0 Å². The molecule has 17 heavy (non-hydrogen) atoms. The van der Waals surface area contributed by atoms with Crippen LogP contribution in [0.15, 0.2) is 36.9 Å². The third-order valence-corrected chi connectivity index (χ3v) is 2.10. The molecule has 0 aliphatic rings. The maximum Gasteiger partial charge on any atom is 0.338 e. The smallest absolute Gasteiger partial charge is 0.338 e. The zero-order chi connectivity index (χ0) is 12.1. The Morgan fingerprint density at radius 1 is 1.24 bits per heavy atom. The number of hydrogen-bond donors (Lipinski definition) is 2. The van der Waals surface area contributed by atoms with Crippen molar-refractivity contribution in [2.45, 2.75) is 6.54 Å². The molecule has 0 aromatic carbocycles. The number of carbonyl (C=O) groups is 1. The van der Waals surface area contributed by atoms with Gasteiger partial charge in [-0.15, -0.1) is 0 Å². The predicted octanol–water partition coefficient (Wildman–Crippen LogP) is 1.18. The Morgan fingerprint density at radius 2 is 1.88 bits per heavy atom. The number of pyridine rings is 1. The molecule has 0 fully saturated rings. The second-order valence-corrected chi connectivity index (χ2v) is 3.31. The molecule has 2 aromatic rings. The molecule has 0 saturated heterocycles. The minimum atomic E-state index is -1.04. The van der Waals surface area contributed by atoms with E-state index >= 15 is 0 Å². The van der Waals surface area contributed by atoms with Gasteiger partial charge in [0.25, 0.3) is 0 Å². The molecule has 86 valence electrons. The maximum absolute atomic E-state index is 10.6. The van der Waals surface area contributed by atoms with Crippen LogP contribution in [0, 0.1) is 0 Å². The van der Waals surface area contributed by atoms with Crippen LogP contribution in [0.3, 0.4) is 0 Å². The van der Waals surface area contributed by atoms with Crippen molar-refractivity contribution in [1.82, 2.24) is 15.0 Å². The van der Waals surface area contributed by atoms with Gasteiger partial charge in [0.05, 0.1) is 5.56 Å². The number of carboxylic acid groups (broad SMARTS) is 1. The highest BCUT2D eigenvalue weighted by Crippen LogP contribution is 2.03. The zero-order valence-corrected chi connectivity index (χ0v) is 8.87. The molecule has 2 rings (SSSR count). The fraction of sp³-hybridized carbons (Fsp3) is 0.0909. The van der Waals surface area contributed by atoms with Gasteiger partial charge in [-0.25, -0.2) is 14.8 Å². The summed E-state index contributed by atoms with van der Waals surface area (Å²) >= 11 is 0. The van der Waals surface area contributed by atoms with Crippen LogP contribution < -0.4 is 5.32 Å². The maximum atomic E-state index is 10.6. The molecule has 2 heterocycles. The minimum Gasteiger partial charge on any atom is -0.478 e. The normalized spacial score (nSPS) is 9.88. The molecule has 0 bridgehead atoms. The molecule has 0 aliphatic carbocycles. The first-order valence-corrected chi connectivity index (χ1v) is 4.94. The zero-order valence-electron chi connectivity index (χ0n) is 8.87. The Bertz CT molecular complexity index is 499. The van der Waals surface area contributed by atoms with Crippen LogP contribution >= 0.6 is 0 Å². The Hall–Kier alpha value is -2.50. The van der Waals surface area contributed by atoms with Crippen molar-refractivity contribution < 1.29 is 9.90 Å². The summed E-state index contributed by atoms with van der Waals surface area (Å²) in [6, 6.07) is 3.75. The lowest BCUT2D eigenvalue weighted by atomic mass is 10.3. The SMILES string of the molecule is O=C(O)c1cnc(NCc2ccncc2)nc1. The molecule has 0 atom stereocenters. The molecule has 0 amide bonds. The average molecular weight is 230 g/mol. The largest absolute Gasteiger partial charge is 0.478 e. The summed E-state index contributed by atoms with van der Waals surface area (Å²) in [6.07, 6.45) is 5.94. The molecule has 0 aliphatic heterocycles. The van der Waals surface area contributed by atoms with Crippen LogP contribution in [0.5, 0.6) is 0 Å². The number of anilines is 1. The lowest BCUT2D eigenvalue weighted by Gasteiger charge is -2.04. The number of aromatic nitrogens is 3. The number of aromatic carboxylic acids is 1. The molecular weight excluding hydrogens is 220 g/mol. The van der Waals surface area contributed by atoms with Gasteiger partial charge in [0, 0.05) is 31.3 Å². The fourth-order valence-electron chi connectivity index (χ4n) is 1.21. The van der Waals surface area contributed by atoms with Crippen LogP contribution in [0.1, 0.15) is 15.9 Å². The van der Waals surface area contributed by atoms with Crippen LogP contribution in [0.2, 0.25) is 0 Å². The summed E-state index contributed by atoms with van der Waals surface area (Å²) in [5, 5.41) is 11.7. The van der Waals surface area contributed by atoms with Crippen molar-refractivity contribution in [1.29, 1.82) is 0 Å². The number of nitrogens with one attached hydrogen (secondary N) is 1. The Morgan fingerprint density at radius 3 is 2.47 bits per heavy atom. The molecule has 2 N–H and O–H groups in total. The number of rotatable bonds is 4. The number of nitrogens with zero attached hydrogens (tertiary/aromatic N) is 3. The molecule has 2 aromatic heterocycles. The highest BCUT2D eigenvalue weighted by atomic mass is 16.4. The quantitative estimate of drug-likeness (QED) is 0.820. The third-order valence-electron chi connectivity index (χ3n) is 2.10. The van der Waals surface area contributed by atoms with E-state index in [1.54, 1.807) is 12.4 Å². The van der Waals surface area contributed by atoms with Gasteiger partial charge >= 0.3 is 5.97 Å². The van der Waals surface area contributed by atoms with Gasteiger partial charge < -0.3 is 10.4 Å². The summed E-state index contributed by atoms with van der Waals surface area (Å²) in [6.45, 7) is 0.564. The van der Waals surface area contributed by atoms with Gasteiger partial charge in [-0.2, -0.15) is 0 Å². The van der Waals surface area contributed by atoms with Crippen molar-refractivity contribution in [3.63, 3.8) is 0 Å². The molecule has 0 spiro atoms. The van der Waals surface area contributed by atoms with E-state index in [2.05, 4.69) is 20.3 Å². The van der Waals surface area contributed by atoms with E-state index in [0.29, 0.717) is 12.5 Å². The lowest BCUT2D eigenvalue weighted by Crippen LogP contribution is -2.05. The van der Waals surface area contributed by atoms with Gasteiger partial charge in [0.15, 0.2) is 0 Å². The fourth-order valence-corrected chi connectivity index (χ4v) is 1.21. The van der Waals surface area contributed by atoms with Gasteiger partial charge in [0.1, 0.15) is 0 Å². The van der Waals surface area contributed by atoms with Crippen molar-refractivity contribution in [2.24, 2.45) is 0 Å². The number of hydrogen-bond acceptors (Lipinski definition) is 5. The summed E-state index contributed by atoms with van der Waals surface area (Å²) < 4.78 is 0. The second-order valence-electron chi connectivity index (χ2n) is 3.31. The average Bonchev–Trinajstić information content (AvgIpc) is 2.38. The molecule has 0 saturated carbocycles. The van der Waals surface area contributed by atoms with Crippen LogP contribution in [0.4, 0.5) is 5.95 Å². The molecule has 6 heteroatoms. The van der Waals surface area contributed by atoms with E-state index in [0.717, 1.165) is 5.56 Å². The lowest BCUT2D eigenvalue weighted by molar-refractivity contribution is 0.0696. The highest BCUT2D eigenvalue weighted by Gasteiger charge is 2.03. The van der Waals surface area contributed by atoms with Crippen molar-refractivity contribution in [3.8, 4) is 0 Å². The third kappa shape index (κ3) is 2.97. The monoisotopic (exact) mass is 230 g/mol. The van der Waals surface area contributed by atoms with Crippen molar-refractivity contribution in [2.75, 3.05) is 5.32 Å². The van der Waals surface area contributed by atoms with E-state index in [1.165, 1.54) is 12.4 Å². The standard InChI is InChI=1S/C11H10N4O2/c16-10(17)9-6-14-11(15-7-9)13-5-8-1-3-12-4-2-8/h1-4,6-7H,5H2,(H,16,17)(H,13,14,15).